The van der Waals surface area contributed by atoms with Crippen molar-refractivity contribution in [3.05, 3.63) is 65.1 Å². The van der Waals surface area contributed by atoms with Gasteiger partial charge >= 0.3 is 10.2 Å². The van der Waals surface area contributed by atoms with Crippen LogP contribution in [0.2, 0.25) is 5.02 Å². The molecule has 6 nitrogen and oxygen atoms in total. The molecule has 0 radical (unpaired) electrons. The molecule has 2 aromatic carbocycles. The van der Waals surface area contributed by atoms with E-state index in [0.29, 0.717) is 17.8 Å². The maximum Gasteiger partial charge on any atom is 0.310 e. The van der Waals surface area contributed by atoms with Gasteiger partial charge in [-0.1, -0.05) is 31.0 Å². The smallest absolute Gasteiger partial charge is 0.310 e. The standard InChI is InChI=1S/C21H19ClF6N2O4S/c1-21(30-20(32)12-34-15-4-7-17(22)18(23)8-15)9-13(10-21)29-19(31)11-33-14-2-5-16(6-3-14)35(24,25,26,27)28/h2-9H,10-12H2,1H3,(H,29,31)(H,30,32). The summed E-state index contributed by atoms with van der Waals surface area (Å²) in [5, 5.41) is 5.09. The van der Waals surface area contributed by atoms with Crippen molar-refractivity contribution in [1.82, 2.24) is 10.6 Å². The van der Waals surface area contributed by atoms with Crippen molar-refractivity contribution in [2.75, 3.05) is 13.2 Å². The van der Waals surface area contributed by atoms with E-state index in [1.807, 2.05) is 0 Å². The van der Waals surface area contributed by atoms with Crippen molar-refractivity contribution in [2.45, 2.75) is 23.8 Å². The van der Waals surface area contributed by atoms with Crippen LogP contribution in [0.3, 0.4) is 0 Å². The molecular weight excluding hydrogens is 526 g/mol. The monoisotopic (exact) mass is 544 g/mol. The number of hydrogen-bond acceptors (Lipinski definition) is 4. The molecular formula is C21H19ClF6N2O4S. The summed E-state index contributed by atoms with van der Waals surface area (Å²) in [5.41, 5.74) is -0.324. The van der Waals surface area contributed by atoms with Crippen LogP contribution in [0.1, 0.15) is 13.3 Å². The highest BCUT2D eigenvalue weighted by Crippen LogP contribution is 3.02. The molecule has 2 N–H and O–H groups in total. The Labute approximate surface area is 200 Å². The van der Waals surface area contributed by atoms with Crippen molar-refractivity contribution in [2.24, 2.45) is 0 Å². The molecule has 0 aliphatic heterocycles. The molecule has 0 bridgehead atoms. The third kappa shape index (κ3) is 7.46. The molecule has 1 atom stereocenters. The average molecular weight is 545 g/mol. The van der Waals surface area contributed by atoms with Crippen LogP contribution >= 0.6 is 21.8 Å². The van der Waals surface area contributed by atoms with Crippen LogP contribution in [-0.4, -0.2) is 30.6 Å². The molecule has 1 unspecified atom stereocenters. The van der Waals surface area contributed by atoms with E-state index in [1.165, 1.54) is 12.1 Å². The van der Waals surface area contributed by atoms with Gasteiger partial charge < -0.3 is 20.1 Å². The average Bonchev–Trinajstić information content (AvgIpc) is 2.70. The Hall–Kier alpha value is -3.06. The Kier molecular flexibility index (Phi) is 6.49. The predicted molar refractivity (Wildman–Crippen MR) is 118 cm³/mol. The highest BCUT2D eigenvalue weighted by atomic mass is 35.5. The number of carbonyl (C=O) groups is 2. The zero-order chi connectivity index (χ0) is 26.1. The minimum Gasteiger partial charge on any atom is -0.484 e. The fourth-order valence-electron chi connectivity index (χ4n) is 3.14. The van der Waals surface area contributed by atoms with Crippen LogP contribution in [0.5, 0.6) is 11.5 Å². The molecule has 0 aromatic heterocycles. The van der Waals surface area contributed by atoms with Gasteiger partial charge in [0.25, 0.3) is 11.8 Å². The molecule has 2 aromatic rings. The lowest BCUT2D eigenvalue weighted by molar-refractivity contribution is -0.124. The number of benzene rings is 2. The third-order valence-corrected chi connectivity index (χ3v) is 6.15. The summed E-state index contributed by atoms with van der Waals surface area (Å²) < 4.78 is 87.2. The number of amides is 2. The van der Waals surface area contributed by atoms with Crippen LogP contribution in [0, 0.1) is 5.82 Å². The summed E-state index contributed by atoms with van der Waals surface area (Å²) in [5.74, 6) is -1.92. The molecule has 192 valence electrons. The number of carbonyl (C=O) groups excluding carboxylic acids is 2. The van der Waals surface area contributed by atoms with Gasteiger partial charge in [-0.2, -0.15) is 0 Å². The van der Waals surface area contributed by atoms with E-state index < -0.39 is 44.9 Å². The Morgan fingerprint density at radius 3 is 2.09 bits per heavy atom. The molecule has 0 heterocycles. The van der Waals surface area contributed by atoms with Gasteiger partial charge in [-0.15, -0.1) is 0 Å². The predicted octanol–water partition coefficient (Wildman–Crippen LogP) is 5.87. The molecule has 3 rings (SSSR count). The Balaban J connectivity index is 1.43. The van der Waals surface area contributed by atoms with Crippen molar-refractivity contribution in [3.63, 3.8) is 0 Å². The van der Waals surface area contributed by atoms with E-state index in [-0.39, 0.29) is 41.7 Å². The summed E-state index contributed by atoms with van der Waals surface area (Å²) >= 11 is 5.57. The first-order valence-corrected chi connectivity index (χ1v) is 12.1. The van der Waals surface area contributed by atoms with E-state index in [9.17, 15) is 33.4 Å². The van der Waals surface area contributed by atoms with Crippen LogP contribution in [-0.2, 0) is 9.59 Å². The largest absolute Gasteiger partial charge is 0.484 e. The highest BCUT2D eigenvalue weighted by molar-refractivity contribution is 8.45. The molecule has 0 spiro atoms. The summed E-state index contributed by atoms with van der Waals surface area (Å²) in [6.07, 6.45) is 1.81. The summed E-state index contributed by atoms with van der Waals surface area (Å²) in [6, 6.07) is 5.48. The number of halogens is 7. The quantitative estimate of drug-likeness (QED) is 0.387. The molecule has 0 saturated heterocycles. The minimum atomic E-state index is -9.78. The topological polar surface area (TPSA) is 76.7 Å². The minimum absolute atomic E-state index is 0.0843. The van der Waals surface area contributed by atoms with Crippen molar-refractivity contribution in [3.8, 4) is 11.5 Å². The first-order chi connectivity index (χ1) is 15.9. The molecule has 1 aliphatic rings. The zero-order valence-electron chi connectivity index (χ0n) is 17.9. The number of rotatable bonds is 9. The molecule has 0 fully saturated rings. The normalized spacial score (nSPS) is 19.4. The van der Waals surface area contributed by atoms with Gasteiger partial charge in [-0.3, -0.25) is 9.59 Å². The second-order valence-electron chi connectivity index (χ2n) is 7.95. The van der Waals surface area contributed by atoms with Crippen LogP contribution in [0.15, 0.2) is 59.1 Å². The summed E-state index contributed by atoms with van der Waals surface area (Å²) in [7, 11) is -9.78. The van der Waals surface area contributed by atoms with Gasteiger partial charge in [0.15, 0.2) is 13.2 Å². The van der Waals surface area contributed by atoms with E-state index in [0.717, 1.165) is 6.07 Å². The van der Waals surface area contributed by atoms with E-state index in [4.69, 9.17) is 21.1 Å². The zero-order valence-corrected chi connectivity index (χ0v) is 19.5. The number of nitrogens with one attached hydrogen (secondary N) is 2. The van der Waals surface area contributed by atoms with E-state index >= 15 is 0 Å². The molecule has 0 saturated carbocycles. The maximum absolute atomic E-state index is 13.4. The molecule has 1 aliphatic carbocycles. The molecule has 35 heavy (non-hydrogen) atoms. The van der Waals surface area contributed by atoms with Crippen molar-refractivity contribution in [1.29, 1.82) is 0 Å². The fraction of sp³-hybridized carbons (Fsp3) is 0.238. The van der Waals surface area contributed by atoms with Crippen molar-refractivity contribution >= 4 is 33.6 Å². The SMILES string of the molecule is CC1(NC(=O)COc2ccc(Cl)c(F)c2)C=C(NC(=O)COc2ccc(S(F)(F)(F)(F)F)cc2)C1. The maximum atomic E-state index is 13.4. The first kappa shape index (κ1) is 26.5. The fourth-order valence-corrected chi connectivity index (χ4v) is 3.91. The third-order valence-electron chi connectivity index (χ3n) is 4.68. The van der Waals surface area contributed by atoms with Gasteiger partial charge in [0.05, 0.1) is 10.6 Å². The first-order valence-electron chi connectivity index (χ1n) is 9.80. The second kappa shape index (κ2) is 8.55. The van der Waals surface area contributed by atoms with Crippen LogP contribution in [0.4, 0.5) is 23.8 Å². The lowest BCUT2D eigenvalue weighted by Crippen LogP contribution is -2.53. The van der Waals surface area contributed by atoms with Gasteiger partial charge in [-0.25, -0.2) is 4.39 Å². The van der Waals surface area contributed by atoms with Crippen molar-refractivity contribution < 1.29 is 42.9 Å². The van der Waals surface area contributed by atoms with Crippen LogP contribution in [0.25, 0.3) is 0 Å². The lowest BCUT2D eigenvalue weighted by Gasteiger charge is -2.40. The van der Waals surface area contributed by atoms with Gasteiger partial charge in [-0.05, 0) is 49.4 Å². The number of hydrogen-bond donors (Lipinski definition) is 2. The Bertz CT molecular complexity index is 1190. The van der Waals surface area contributed by atoms with Gasteiger partial charge in [0.1, 0.15) is 22.2 Å². The van der Waals surface area contributed by atoms with Gasteiger partial charge in [0.2, 0.25) is 0 Å². The van der Waals surface area contributed by atoms with Crippen LogP contribution < -0.4 is 20.1 Å². The molecule has 14 heteroatoms. The molecule has 2 amide bonds. The number of ether oxygens (including phenoxy) is 2. The van der Waals surface area contributed by atoms with Gasteiger partial charge in [0, 0.05) is 18.2 Å². The summed E-state index contributed by atoms with van der Waals surface area (Å²) in [6.45, 7) is 0.710. The Morgan fingerprint density at radius 2 is 1.51 bits per heavy atom. The summed E-state index contributed by atoms with van der Waals surface area (Å²) in [4.78, 5) is 22.0. The second-order valence-corrected chi connectivity index (χ2v) is 10.8. The lowest BCUT2D eigenvalue weighted by atomic mass is 9.84. The highest BCUT2D eigenvalue weighted by Gasteiger charge is 2.65. The van der Waals surface area contributed by atoms with E-state index in [1.54, 1.807) is 13.0 Å². The van der Waals surface area contributed by atoms with E-state index in [2.05, 4.69) is 10.6 Å². The Morgan fingerprint density at radius 1 is 0.971 bits per heavy atom.